The summed E-state index contributed by atoms with van der Waals surface area (Å²) in [6.07, 6.45) is 4.66. The van der Waals surface area contributed by atoms with E-state index in [1.165, 1.54) is 6.42 Å². The molecule has 4 bridgehead atoms. The smallest absolute Gasteiger partial charge is 0.408 e. The summed E-state index contributed by atoms with van der Waals surface area (Å²) < 4.78 is 11.6. The molecule has 0 aromatic heterocycles. The van der Waals surface area contributed by atoms with E-state index in [-0.39, 0.29) is 22.5 Å². The summed E-state index contributed by atoms with van der Waals surface area (Å²) in [5.74, 6) is 1.09. The molecule has 0 aromatic carbocycles. The predicted octanol–water partition coefficient (Wildman–Crippen LogP) is 3.26. The van der Waals surface area contributed by atoms with Gasteiger partial charge in [-0.05, 0) is 78.1 Å². The number of ether oxygens (including phenoxy) is 2. The third-order valence-corrected chi connectivity index (χ3v) is 5.81. The van der Waals surface area contributed by atoms with E-state index in [1.54, 1.807) is 0 Å². The van der Waals surface area contributed by atoms with Crippen LogP contribution in [0.4, 0.5) is 4.79 Å². The highest BCUT2D eigenvalue weighted by Crippen LogP contribution is 2.59. The van der Waals surface area contributed by atoms with E-state index < -0.39 is 11.9 Å². The van der Waals surface area contributed by atoms with Gasteiger partial charge in [-0.15, -0.1) is 0 Å². The highest BCUT2D eigenvalue weighted by atomic mass is 32.1. The van der Waals surface area contributed by atoms with Gasteiger partial charge in [0.05, 0.1) is 5.60 Å². The lowest BCUT2D eigenvalue weighted by Gasteiger charge is -2.61. The van der Waals surface area contributed by atoms with Gasteiger partial charge in [0.2, 0.25) is 0 Å². The first-order valence-electron chi connectivity index (χ1n) is 9.05. The largest absolute Gasteiger partial charge is 0.444 e. The van der Waals surface area contributed by atoms with E-state index in [4.69, 9.17) is 9.47 Å². The summed E-state index contributed by atoms with van der Waals surface area (Å²) in [7, 11) is 0. The molecule has 4 atom stereocenters. The Bertz CT molecular complexity index is 488. The molecule has 24 heavy (non-hydrogen) atoms. The number of alkyl carbamates (subject to hydrolysis) is 1. The van der Waals surface area contributed by atoms with E-state index >= 15 is 0 Å². The second-order valence-corrected chi connectivity index (χ2v) is 10.1. The van der Waals surface area contributed by atoms with E-state index in [2.05, 4.69) is 17.9 Å². The Morgan fingerprint density at radius 1 is 1.25 bits per heavy atom. The van der Waals surface area contributed by atoms with Crippen molar-refractivity contribution < 1.29 is 19.4 Å². The molecule has 4 aliphatic carbocycles. The maximum absolute atomic E-state index is 12.3. The molecule has 0 aliphatic heterocycles. The van der Waals surface area contributed by atoms with E-state index in [1.807, 2.05) is 27.7 Å². The Balaban J connectivity index is 1.74. The van der Waals surface area contributed by atoms with Gasteiger partial charge in [-0.25, -0.2) is 4.79 Å². The van der Waals surface area contributed by atoms with Gasteiger partial charge < -0.3 is 19.9 Å². The molecule has 0 radical (unpaired) electrons. The van der Waals surface area contributed by atoms with E-state index in [9.17, 15) is 9.90 Å². The lowest BCUT2D eigenvalue weighted by molar-refractivity contribution is -0.244. The maximum Gasteiger partial charge on any atom is 0.408 e. The molecule has 4 rings (SSSR count). The summed E-state index contributed by atoms with van der Waals surface area (Å²) in [4.78, 5) is 12.3. The van der Waals surface area contributed by atoms with Crippen LogP contribution in [0.1, 0.15) is 66.2 Å². The van der Waals surface area contributed by atoms with Gasteiger partial charge in [0, 0.05) is 10.8 Å². The van der Waals surface area contributed by atoms with Crippen LogP contribution in [0.5, 0.6) is 0 Å². The molecular weight excluding hydrogens is 326 g/mol. The molecule has 0 heterocycles. The number of carbonyl (C=O) groups excluding carboxylic acids is 1. The van der Waals surface area contributed by atoms with Crippen molar-refractivity contribution in [1.29, 1.82) is 0 Å². The highest BCUT2D eigenvalue weighted by molar-refractivity contribution is 7.81. The summed E-state index contributed by atoms with van der Waals surface area (Å²) in [6.45, 7) is 7.47. The van der Waals surface area contributed by atoms with Crippen LogP contribution in [-0.2, 0) is 9.47 Å². The fourth-order valence-corrected chi connectivity index (χ4v) is 5.40. The predicted molar refractivity (Wildman–Crippen MR) is 95.1 cm³/mol. The van der Waals surface area contributed by atoms with Crippen LogP contribution in [-0.4, -0.2) is 39.5 Å². The lowest BCUT2D eigenvalue weighted by Crippen LogP contribution is -2.67. The number of carbonyl (C=O) groups is 1. The van der Waals surface area contributed by atoms with Crippen molar-refractivity contribution in [2.24, 2.45) is 11.8 Å². The third kappa shape index (κ3) is 3.86. The molecular formula is C18H31NO4S. The minimum atomic E-state index is -0.872. The van der Waals surface area contributed by atoms with Gasteiger partial charge in [0.25, 0.3) is 0 Å². The molecule has 0 spiro atoms. The molecule has 5 nitrogen and oxygen atoms in total. The zero-order chi connectivity index (χ0) is 17.8. The molecule has 1 amide bonds. The Labute approximate surface area is 150 Å². The van der Waals surface area contributed by atoms with Crippen LogP contribution in [0.2, 0.25) is 0 Å². The monoisotopic (exact) mass is 357 g/mol. The SMILES string of the molecule is CC(S)C(O)OC12CC3CC(CC(NC(=O)OC(C)(C)C)(C3)C1)C2. The second-order valence-electron chi connectivity index (χ2n) is 9.30. The van der Waals surface area contributed by atoms with Gasteiger partial charge in [0.15, 0.2) is 6.29 Å². The average Bonchev–Trinajstić information content (AvgIpc) is 2.32. The molecule has 138 valence electrons. The standard InChI is InChI=1S/C18H31NO4S/c1-11(24)14(20)22-18-8-12-5-13(9-18)7-17(6-12,10-18)19-15(21)23-16(2,3)4/h11-14,20,24H,5-10H2,1-4H3,(H,19,21). The molecule has 4 unspecified atom stereocenters. The Hall–Kier alpha value is -0.460. The Kier molecular flexibility index (Phi) is 4.63. The first kappa shape index (κ1) is 18.3. The van der Waals surface area contributed by atoms with Crippen molar-refractivity contribution in [2.45, 2.75) is 94.5 Å². The zero-order valence-electron chi connectivity index (χ0n) is 15.2. The van der Waals surface area contributed by atoms with Crippen LogP contribution in [0.15, 0.2) is 0 Å². The van der Waals surface area contributed by atoms with E-state index in [0.29, 0.717) is 11.8 Å². The molecule has 0 aromatic rings. The summed E-state index contributed by atoms with van der Waals surface area (Å²) >= 11 is 4.30. The van der Waals surface area contributed by atoms with Gasteiger partial charge in [0.1, 0.15) is 5.60 Å². The van der Waals surface area contributed by atoms with Crippen molar-refractivity contribution in [3.05, 3.63) is 0 Å². The fraction of sp³-hybridized carbons (Fsp3) is 0.944. The highest BCUT2D eigenvalue weighted by Gasteiger charge is 2.59. The molecule has 0 saturated heterocycles. The number of rotatable bonds is 4. The number of aliphatic hydroxyl groups excluding tert-OH is 1. The molecule has 4 saturated carbocycles. The summed E-state index contributed by atoms with van der Waals surface area (Å²) in [5.41, 5.74) is -1.10. The third-order valence-electron chi connectivity index (χ3n) is 5.56. The molecule has 4 fully saturated rings. The molecule has 2 N–H and O–H groups in total. The van der Waals surface area contributed by atoms with Crippen LogP contribution < -0.4 is 5.32 Å². The quantitative estimate of drug-likeness (QED) is 0.534. The van der Waals surface area contributed by atoms with Crippen LogP contribution in [0.3, 0.4) is 0 Å². The number of thiol groups is 1. The number of hydrogen-bond acceptors (Lipinski definition) is 5. The summed E-state index contributed by atoms with van der Waals surface area (Å²) in [5, 5.41) is 13.1. The van der Waals surface area contributed by atoms with Crippen molar-refractivity contribution in [3.8, 4) is 0 Å². The number of amides is 1. The number of hydrogen-bond donors (Lipinski definition) is 3. The second kappa shape index (κ2) is 6.06. The average molecular weight is 358 g/mol. The van der Waals surface area contributed by atoms with Gasteiger partial charge >= 0.3 is 6.09 Å². The van der Waals surface area contributed by atoms with Crippen LogP contribution in [0.25, 0.3) is 0 Å². The van der Waals surface area contributed by atoms with Crippen molar-refractivity contribution in [3.63, 3.8) is 0 Å². The topological polar surface area (TPSA) is 67.8 Å². The van der Waals surface area contributed by atoms with E-state index in [0.717, 1.165) is 32.1 Å². The Morgan fingerprint density at radius 2 is 1.83 bits per heavy atom. The van der Waals surface area contributed by atoms with Crippen LogP contribution >= 0.6 is 12.6 Å². The van der Waals surface area contributed by atoms with Gasteiger partial charge in [-0.2, -0.15) is 12.6 Å². The zero-order valence-corrected chi connectivity index (χ0v) is 16.1. The fourth-order valence-electron chi connectivity index (χ4n) is 5.34. The number of nitrogens with one attached hydrogen (secondary N) is 1. The summed E-state index contributed by atoms with van der Waals surface area (Å²) in [6, 6.07) is 0. The van der Waals surface area contributed by atoms with Gasteiger partial charge in [-0.1, -0.05) is 0 Å². The van der Waals surface area contributed by atoms with Crippen molar-refractivity contribution in [2.75, 3.05) is 0 Å². The number of aliphatic hydroxyl groups is 1. The first-order chi connectivity index (χ1) is 11.0. The van der Waals surface area contributed by atoms with Crippen molar-refractivity contribution >= 4 is 18.7 Å². The van der Waals surface area contributed by atoms with Gasteiger partial charge in [-0.3, -0.25) is 0 Å². The van der Waals surface area contributed by atoms with Crippen LogP contribution in [0, 0.1) is 11.8 Å². The first-order valence-corrected chi connectivity index (χ1v) is 9.57. The molecule has 6 heteroatoms. The minimum Gasteiger partial charge on any atom is -0.444 e. The normalized spacial score (nSPS) is 40.2. The van der Waals surface area contributed by atoms with Crippen molar-refractivity contribution in [1.82, 2.24) is 5.32 Å². The lowest BCUT2D eigenvalue weighted by atomic mass is 9.51. The molecule has 4 aliphatic rings. The Morgan fingerprint density at radius 3 is 2.33 bits per heavy atom. The maximum atomic E-state index is 12.3. The minimum absolute atomic E-state index is 0.229.